The van der Waals surface area contributed by atoms with Gasteiger partial charge in [-0.15, -0.1) is 0 Å². The number of nitrogens with two attached hydrogens (primary N) is 1. The Morgan fingerprint density at radius 2 is 2.00 bits per heavy atom. The summed E-state index contributed by atoms with van der Waals surface area (Å²) >= 11 is 0. The third kappa shape index (κ3) is 2.89. The van der Waals surface area contributed by atoms with Crippen molar-refractivity contribution in [3.8, 4) is 0 Å². The van der Waals surface area contributed by atoms with Crippen LogP contribution < -0.4 is 5.73 Å². The van der Waals surface area contributed by atoms with E-state index in [4.69, 9.17) is 5.73 Å². The fourth-order valence-corrected chi connectivity index (χ4v) is 5.06. The maximum atomic E-state index is 11.6. The quantitative estimate of drug-likeness (QED) is 0.831. The molecule has 2 saturated heterocycles. The smallest absolute Gasteiger partial charge is 0.150 e. The van der Waals surface area contributed by atoms with E-state index >= 15 is 0 Å². The summed E-state index contributed by atoms with van der Waals surface area (Å²) in [6.45, 7) is 5.04. The lowest BCUT2D eigenvalue weighted by atomic mass is 9.90. The Labute approximate surface area is 111 Å². The molecule has 2 fully saturated rings. The van der Waals surface area contributed by atoms with Gasteiger partial charge in [0.2, 0.25) is 0 Å². The zero-order valence-corrected chi connectivity index (χ0v) is 12.2. The summed E-state index contributed by atoms with van der Waals surface area (Å²) in [5.74, 6) is 1.43. The molecule has 0 aromatic heterocycles. The Balaban J connectivity index is 2.01. The molecule has 1 unspecified atom stereocenters. The second-order valence-electron chi connectivity index (χ2n) is 5.97. The molecule has 2 heterocycles. The predicted octanol–water partition coefficient (Wildman–Crippen LogP) is 1.01. The van der Waals surface area contributed by atoms with Crippen molar-refractivity contribution in [3.05, 3.63) is 0 Å². The van der Waals surface area contributed by atoms with Gasteiger partial charge in [-0.2, -0.15) is 0 Å². The van der Waals surface area contributed by atoms with Crippen LogP contribution in [-0.2, 0) is 9.84 Å². The number of hydrogen-bond acceptors (Lipinski definition) is 4. The van der Waals surface area contributed by atoms with Gasteiger partial charge in [0.25, 0.3) is 0 Å². The molecule has 0 spiro atoms. The van der Waals surface area contributed by atoms with Crippen molar-refractivity contribution in [2.45, 2.75) is 44.6 Å². The van der Waals surface area contributed by atoms with Crippen molar-refractivity contribution in [1.29, 1.82) is 0 Å². The first-order chi connectivity index (χ1) is 8.51. The van der Waals surface area contributed by atoms with E-state index < -0.39 is 9.84 Å². The second kappa shape index (κ2) is 5.47. The first-order valence-corrected chi connectivity index (χ1v) is 8.99. The number of likely N-dealkylation sites (tertiary alicyclic amines) is 1. The van der Waals surface area contributed by atoms with Gasteiger partial charge in [0.15, 0.2) is 0 Å². The minimum Gasteiger partial charge on any atom is -0.329 e. The molecule has 1 atom stereocenters. The summed E-state index contributed by atoms with van der Waals surface area (Å²) in [4.78, 5) is 2.49. The van der Waals surface area contributed by atoms with Gasteiger partial charge in [-0.3, -0.25) is 4.90 Å². The van der Waals surface area contributed by atoms with E-state index in [-0.39, 0.29) is 5.54 Å². The number of rotatable bonds is 4. The highest BCUT2D eigenvalue weighted by Crippen LogP contribution is 2.34. The molecule has 0 radical (unpaired) electrons. The Kier molecular flexibility index (Phi) is 4.34. The van der Waals surface area contributed by atoms with Crippen molar-refractivity contribution in [2.75, 3.05) is 31.1 Å². The van der Waals surface area contributed by atoms with E-state index in [9.17, 15) is 8.42 Å². The molecule has 5 heteroatoms. The third-order valence-electron chi connectivity index (χ3n) is 4.79. The van der Waals surface area contributed by atoms with E-state index in [1.165, 1.54) is 19.3 Å². The average molecular weight is 274 g/mol. The molecule has 0 amide bonds. The molecule has 2 rings (SSSR count). The predicted molar refractivity (Wildman–Crippen MR) is 74.3 cm³/mol. The van der Waals surface area contributed by atoms with Crippen LogP contribution >= 0.6 is 0 Å². The van der Waals surface area contributed by atoms with Crippen LogP contribution in [0.5, 0.6) is 0 Å². The summed E-state index contributed by atoms with van der Waals surface area (Å²) in [7, 11) is -2.80. The van der Waals surface area contributed by atoms with Crippen molar-refractivity contribution in [1.82, 2.24) is 4.90 Å². The summed E-state index contributed by atoms with van der Waals surface area (Å²) in [5, 5.41) is 0. The third-order valence-corrected chi connectivity index (χ3v) is 6.44. The average Bonchev–Trinajstić information content (AvgIpc) is 2.80. The van der Waals surface area contributed by atoms with Crippen molar-refractivity contribution in [3.63, 3.8) is 0 Å². The van der Waals surface area contributed by atoms with Crippen LogP contribution in [-0.4, -0.2) is 50.0 Å². The number of nitrogens with zero attached hydrogens (tertiary/aromatic N) is 1. The molecule has 0 aromatic carbocycles. The van der Waals surface area contributed by atoms with Crippen LogP contribution in [0, 0.1) is 5.92 Å². The molecular formula is C13H26N2O2S. The Hall–Kier alpha value is -0.130. The van der Waals surface area contributed by atoms with Crippen LogP contribution in [0.15, 0.2) is 0 Å². The van der Waals surface area contributed by atoms with Gasteiger partial charge in [0, 0.05) is 18.6 Å². The molecule has 2 N–H and O–H groups in total. The van der Waals surface area contributed by atoms with E-state index in [2.05, 4.69) is 11.8 Å². The van der Waals surface area contributed by atoms with Crippen molar-refractivity contribution >= 4 is 9.84 Å². The molecule has 2 aliphatic heterocycles. The molecule has 0 bridgehead atoms. The molecule has 4 nitrogen and oxygen atoms in total. The molecular weight excluding hydrogens is 248 g/mol. The van der Waals surface area contributed by atoms with Crippen molar-refractivity contribution in [2.24, 2.45) is 11.7 Å². The lowest BCUT2D eigenvalue weighted by molar-refractivity contribution is 0.106. The van der Waals surface area contributed by atoms with E-state index in [0.29, 0.717) is 18.1 Å². The Morgan fingerprint density at radius 3 is 2.56 bits per heavy atom. The second-order valence-corrected chi connectivity index (χ2v) is 8.27. The highest BCUT2D eigenvalue weighted by atomic mass is 32.2. The molecule has 18 heavy (non-hydrogen) atoms. The molecule has 106 valence electrons. The lowest BCUT2D eigenvalue weighted by Gasteiger charge is -2.44. The van der Waals surface area contributed by atoms with Gasteiger partial charge < -0.3 is 5.73 Å². The highest BCUT2D eigenvalue weighted by molar-refractivity contribution is 7.91. The monoisotopic (exact) mass is 274 g/mol. The maximum Gasteiger partial charge on any atom is 0.150 e. The zero-order valence-electron chi connectivity index (χ0n) is 11.4. The zero-order chi connectivity index (χ0) is 13.2. The van der Waals surface area contributed by atoms with Gasteiger partial charge in [-0.05, 0) is 38.1 Å². The van der Waals surface area contributed by atoms with Crippen LogP contribution in [0.4, 0.5) is 0 Å². The molecule has 0 saturated carbocycles. The standard InChI is InChI=1S/C13H26N2O2S/c1-2-3-12-4-7-15(10-12)13(11-14)5-8-18(16,17)9-6-13/h12H,2-11,14H2,1H3. The summed E-state index contributed by atoms with van der Waals surface area (Å²) in [6.07, 6.45) is 5.23. The largest absolute Gasteiger partial charge is 0.329 e. The number of hydrogen-bond donors (Lipinski definition) is 1. The van der Waals surface area contributed by atoms with Gasteiger partial charge in [-0.1, -0.05) is 13.3 Å². The minimum atomic E-state index is -2.80. The normalized spacial score (nSPS) is 31.6. The van der Waals surface area contributed by atoms with Crippen LogP contribution in [0.25, 0.3) is 0 Å². The van der Waals surface area contributed by atoms with E-state index in [0.717, 1.165) is 31.8 Å². The number of sulfone groups is 1. The van der Waals surface area contributed by atoms with Gasteiger partial charge in [-0.25, -0.2) is 8.42 Å². The first-order valence-electron chi connectivity index (χ1n) is 7.17. The van der Waals surface area contributed by atoms with Gasteiger partial charge in [0.1, 0.15) is 9.84 Å². The molecule has 0 aromatic rings. The Bertz CT molecular complexity index is 366. The van der Waals surface area contributed by atoms with Gasteiger partial charge in [0.05, 0.1) is 11.5 Å². The first kappa shape index (κ1) is 14.3. The van der Waals surface area contributed by atoms with Crippen LogP contribution in [0.1, 0.15) is 39.0 Å². The Morgan fingerprint density at radius 1 is 1.33 bits per heavy atom. The SMILES string of the molecule is CCCC1CCN(C2(CN)CCS(=O)(=O)CC2)C1. The van der Waals surface area contributed by atoms with E-state index in [1.54, 1.807) is 0 Å². The molecule has 2 aliphatic rings. The highest BCUT2D eigenvalue weighted by Gasteiger charge is 2.43. The molecule has 0 aliphatic carbocycles. The summed E-state index contributed by atoms with van der Waals surface area (Å²) in [6, 6.07) is 0. The maximum absolute atomic E-state index is 11.6. The fraction of sp³-hybridized carbons (Fsp3) is 1.00. The summed E-state index contributed by atoms with van der Waals surface area (Å²) < 4.78 is 23.2. The van der Waals surface area contributed by atoms with Crippen molar-refractivity contribution < 1.29 is 8.42 Å². The van der Waals surface area contributed by atoms with Gasteiger partial charge >= 0.3 is 0 Å². The summed E-state index contributed by atoms with van der Waals surface area (Å²) in [5.41, 5.74) is 5.96. The van der Waals surface area contributed by atoms with Crippen LogP contribution in [0.3, 0.4) is 0 Å². The topological polar surface area (TPSA) is 63.4 Å². The van der Waals surface area contributed by atoms with E-state index in [1.807, 2.05) is 0 Å². The lowest BCUT2D eigenvalue weighted by Crippen LogP contribution is -2.57. The fourth-order valence-electron chi connectivity index (χ4n) is 3.47. The minimum absolute atomic E-state index is 0.0339. The van der Waals surface area contributed by atoms with Crippen LogP contribution in [0.2, 0.25) is 0 Å².